The molecule has 12 heteroatoms. The van der Waals surface area contributed by atoms with Crippen molar-refractivity contribution in [3.63, 3.8) is 0 Å². The summed E-state index contributed by atoms with van der Waals surface area (Å²) in [5.74, 6) is -0.196. The molecule has 0 aliphatic heterocycles. The number of ether oxygens (including phenoxy) is 1. The molecule has 8 nitrogen and oxygen atoms in total. The Kier molecular flexibility index (Phi) is 8.14. The zero-order valence-electron chi connectivity index (χ0n) is 22.1. The summed E-state index contributed by atoms with van der Waals surface area (Å²) >= 11 is 0. The lowest BCUT2D eigenvalue weighted by molar-refractivity contribution is -0.207. The number of pyridine rings is 1. The molecule has 3 aromatic carbocycles. The van der Waals surface area contributed by atoms with Gasteiger partial charge in [-0.3, -0.25) is 4.98 Å². The van der Waals surface area contributed by atoms with Crippen LogP contribution >= 0.6 is 0 Å². The van der Waals surface area contributed by atoms with Gasteiger partial charge in [-0.15, -0.1) is 5.10 Å². The zero-order chi connectivity index (χ0) is 30.5. The number of tetrazole rings is 1. The molecule has 0 fully saturated rings. The van der Waals surface area contributed by atoms with Crippen LogP contribution in [0.3, 0.4) is 0 Å². The third-order valence-corrected chi connectivity index (χ3v) is 6.46. The Balaban J connectivity index is 1.31. The molecule has 0 spiro atoms. The van der Waals surface area contributed by atoms with E-state index in [1.54, 1.807) is 36.4 Å². The topological polar surface area (TPSA) is 110 Å². The molecule has 0 bridgehead atoms. The molecule has 2 aromatic heterocycles. The molecular formula is C31H20F4N6O2. The number of benzene rings is 3. The second-order valence-corrected chi connectivity index (χ2v) is 9.37. The minimum Gasteiger partial charge on any atom is -0.489 e. The summed E-state index contributed by atoms with van der Waals surface area (Å²) in [6, 6.07) is 20.2. The van der Waals surface area contributed by atoms with Gasteiger partial charge in [0.15, 0.2) is 5.60 Å². The Morgan fingerprint density at radius 2 is 1.58 bits per heavy atom. The maximum atomic E-state index is 15.9. The Morgan fingerprint density at radius 1 is 0.884 bits per heavy atom. The van der Waals surface area contributed by atoms with Crippen LogP contribution in [0.5, 0.6) is 5.75 Å². The van der Waals surface area contributed by atoms with E-state index in [0.717, 1.165) is 41.0 Å². The van der Waals surface area contributed by atoms with E-state index in [0.29, 0.717) is 35.1 Å². The standard InChI is InChI=1S/C31H20F4N6O2/c32-25-10-13-27(28(33)15-25)30(42,19-41-20-38-39-40-41)31(34,35)29-14-9-23(17-37-29)4-1-21-7-11-26(12-8-21)43-18-24-5-2-22(16-36)3-6-24/h2-3,5-15,17,20,42H,18-19H2/t30-/m1/s1. The fourth-order valence-electron chi connectivity index (χ4n) is 4.15. The summed E-state index contributed by atoms with van der Waals surface area (Å²) in [4.78, 5) is 3.80. The first kappa shape index (κ1) is 28.9. The van der Waals surface area contributed by atoms with Crippen molar-refractivity contribution in [2.75, 3.05) is 0 Å². The smallest absolute Gasteiger partial charge is 0.323 e. The van der Waals surface area contributed by atoms with Gasteiger partial charge in [0.05, 0.1) is 18.2 Å². The van der Waals surface area contributed by atoms with E-state index in [9.17, 15) is 13.9 Å². The molecular weight excluding hydrogens is 564 g/mol. The molecule has 0 saturated heterocycles. The van der Waals surface area contributed by atoms with Crippen molar-refractivity contribution in [3.8, 4) is 23.7 Å². The van der Waals surface area contributed by atoms with Crippen LogP contribution in [-0.4, -0.2) is 30.3 Å². The number of hydrogen-bond acceptors (Lipinski definition) is 7. The molecule has 0 saturated carbocycles. The molecule has 2 heterocycles. The van der Waals surface area contributed by atoms with Gasteiger partial charge < -0.3 is 9.84 Å². The van der Waals surface area contributed by atoms with Crippen molar-refractivity contribution >= 4 is 0 Å². The van der Waals surface area contributed by atoms with E-state index in [4.69, 9.17) is 10.00 Å². The van der Waals surface area contributed by atoms with Crippen LogP contribution in [0.2, 0.25) is 0 Å². The molecule has 0 unspecified atom stereocenters. The number of aliphatic hydroxyl groups is 1. The first-order chi connectivity index (χ1) is 20.7. The van der Waals surface area contributed by atoms with Crippen LogP contribution in [0, 0.1) is 34.8 Å². The van der Waals surface area contributed by atoms with Gasteiger partial charge in [0.25, 0.3) is 0 Å². The van der Waals surface area contributed by atoms with Crippen LogP contribution in [0.25, 0.3) is 0 Å². The van der Waals surface area contributed by atoms with E-state index >= 15 is 8.78 Å². The van der Waals surface area contributed by atoms with Gasteiger partial charge in [-0.25, -0.2) is 13.5 Å². The molecule has 5 rings (SSSR count). The molecule has 0 amide bonds. The van der Waals surface area contributed by atoms with Crippen molar-refractivity contribution in [2.45, 2.75) is 24.7 Å². The minimum atomic E-state index is -4.17. The molecule has 0 aliphatic carbocycles. The Bertz CT molecular complexity index is 1810. The lowest BCUT2D eigenvalue weighted by atomic mass is 9.84. The van der Waals surface area contributed by atoms with Gasteiger partial charge in [-0.2, -0.15) is 14.0 Å². The van der Waals surface area contributed by atoms with Crippen LogP contribution in [0.1, 0.15) is 33.5 Å². The summed E-state index contributed by atoms with van der Waals surface area (Å²) in [5.41, 5.74) is -2.57. The fraction of sp³-hybridized carbons (Fsp3) is 0.129. The third-order valence-electron chi connectivity index (χ3n) is 6.46. The molecule has 0 aliphatic rings. The SMILES string of the molecule is N#Cc1ccc(COc2ccc(C#Cc3ccc(C(F)(F)[C@@](O)(Cn4cnnn4)c4ccc(F)cc4F)nc3)cc2)cc1. The summed E-state index contributed by atoms with van der Waals surface area (Å²) in [6.07, 6.45) is 2.08. The van der Waals surface area contributed by atoms with E-state index in [-0.39, 0.29) is 0 Å². The molecule has 1 N–H and O–H groups in total. The number of halogens is 4. The second-order valence-electron chi connectivity index (χ2n) is 9.37. The minimum absolute atomic E-state index is 0.303. The van der Waals surface area contributed by atoms with Crippen LogP contribution in [0.15, 0.2) is 91.4 Å². The first-order valence-corrected chi connectivity index (χ1v) is 12.6. The van der Waals surface area contributed by atoms with Crippen molar-refractivity contribution in [1.29, 1.82) is 5.26 Å². The second kappa shape index (κ2) is 12.1. The molecule has 5 aromatic rings. The number of nitriles is 1. The highest BCUT2D eigenvalue weighted by Crippen LogP contribution is 2.46. The van der Waals surface area contributed by atoms with Gasteiger partial charge >= 0.3 is 5.92 Å². The van der Waals surface area contributed by atoms with Crippen molar-refractivity contribution in [1.82, 2.24) is 25.2 Å². The van der Waals surface area contributed by atoms with E-state index < -0.39 is 41.0 Å². The van der Waals surface area contributed by atoms with Gasteiger partial charge in [0.2, 0.25) is 0 Å². The average molecular weight is 585 g/mol. The quantitative estimate of drug-likeness (QED) is 0.205. The van der Waals surface area contributed by atoms with E-state index in [1.807, 2.05) is 12.1 Å². The van der Waals surface area contributed by atoms with Gasteiger partial charge in [0.1, 0.15) is 36.0 Å². The predicted molar refractivity (Wildman–Crippen MR) is 144 cm³/mol. The molecule has 1 atom stereocenters. The normalized spacial score (nSPS) is 12.5. The zero-order valence-corrected chi connectivity index (χ0v) is 22.1. The van der Waals surface area contributed by atoms with Crippen LogP contribution in [-0.2, 0) is 24.7 Å². The summed E-state index contributed by atoms with van der Waals surface area (Å²) < 4.78 is 66.5. The van der Waals surface area contributed by atoms with Crippen molar-refractivity contribution < 1.29 is 27.4 Å². The van der Waals surface area contributed by atoms with Crippen LogP contribution in [0.4, 0.5) is 17.6 Å². The molecule has 214 valence electrons. The van der Waals surface area contributed by atoms with Gasteiger partial charge in [-0.1, -0.05) is 24.0 Å². The predicted octanol–water partition coefficient (Wildman–Crippen LogP) is 4.88. The van der Waals surface area contributed by atoms with Crippen molar-refractivity contribution in [2.24, 2.45) is 0 Å². The molecule has 43 heavy (non-hydrogen) atoms. The summed E-state index contributed by atoms with van der Waals surface area (Å²) in [7, 11) is 0. The average Bonchev–Trinajstić information content (AvgIpc) is 3.52. The van der Waals surface area contributed by atoms with Crippen LogP contribution < -0.4 is 4.74 Å². The summed E-state index contributed by atoms with van der Waals surface area (Å²) in [6.45, 7) is -0.635. The van der Waals surface area contributed by atoms with Crippen molar-refractivity contribution in [3.05, 3.63) is 137 Å². The van der Waals surface area contributed by atoms with Gasteiger partial charge in [0, 0.05) is 29.0 Å². The monoisotopic (exact) mass is 584 g/mol. The number of aromatic nitrogens is 5. The highest BCUT2D eigenvalue weighted by atomic mass is 19.3. The van der Waals surface area contributed by atoms with Gasteiger partial charge in [-0.05, 0) is 76.7 Å². The fourth-order valence-corrected chi connectivity index (χ4v) is 4.15. The summed E-state index contributed by atoms with van der Waals surface area (Å²) in [5, 5.41) is 30.3. The largest absolute Gasteiger partial charge is 0.489 e. The lowest BCUT2D eigenvalue weighted by Gasteiger charge is -2.35. The Morgan fingerprint density at radius 3 is 2.21 bits per heavy atom. The highest BCUT2D eigenvalue weighted by molar-refractivity contribution is 5.44. The Labute approximate surface area is 242 Å². The molecule has 0 radical (unpaired) electrons. The number of rotatable bonds is 8. The maximum absolute atomic E-state index is 15.9. The lowest BCUT2D eigenvalue weighted by Crippen LogP contribution is -2.48. The number of nitrogens with zero attached hydrogens (tertiary/aromatic N) is 6. The first-order valence-electron chi connectivity index (χ1n) is 12.6. The maximum Gasteiger partial charge on any atom is 0.323 e. The highest BCUT2D eigenvalue weighted by Gasteiger charge is 2.58. The Hall–Kier alpha value is -5.59. The number of alkyl halides is 2. The van der Waals surface area contributed by atoms with E-state index in [2.05, 4.69) is 38.4 Å². The third kappa shape index (κ3) is 6.35. The number of hydrogen-bond donors (Lipinski definition) is 1. The van der Waals surface area contributed by atoms with E-state index in [1.165, 1.54) is 6.07 Å².